The fourth-order valence-corrected chi connectivity index (χ4v) is 2.33. The second kappa shape index (κ2) is 8.82. The molecule has 0 heterocycles. The zero-order valence-electron chi connectivity index (χ0n) is 14.3. The van der Waals surface area contributed by atoms with Crippen molar-refractivity contribution in [2.45, 2.75) is 12.8 Å². The van der Waals surface area contributed by atoms with Crippen LogP contribution in [0.4, 0.5) is 0 Å². The number of ether oxygens (including phenoxy) is 3. The molecule has 0 bridgehead atoms. The minimum Gasteiger partial charge on any atom is -0.497 e. The van der Waals surface area contributed by atoms with Gasteiger partial charge >= 0.3 is 0 Å². The molecule has 128 valence electrons. The number of hydrogen-bond acceptors (Lipinski definition) is 4. The van der Waals surface area contributed by atoms with Crippen LogP contribution in [0.1, 0.15) is 22.3 Å². The standard InChI is InChI=1S/C19H23NO4/c1-22-16-8-6-14(7-9-16)5-4-10-20-19(21)15-11-17(23-2)13-18(12-15)24-3/h6-9,11-13H,4-5,10H2,1-3H3,(H,20,21). The Hall–Kier alpha value is -2.69. The van der Waals surface area contributed by atoms with Crippen molar-refractivity contribution in [3.63, 3.8) is 0 Å². The van der Waals surface area contributed by atoms with Crippen LogP contribution in [0.25, 0.3) is 0 Å². The quantitative estimate of drug-likeness (QED) is 0.756. The molecule has 0 saturated carbocycles. The van der Waals surface area contributed by atoms with Crippen LogP contribution >= 0.6 is 0 Å². The highest BCUT2D eigenvalue weighted by Crippen LogP contribution is 2.22. The number of carbonyl (C=O) groups excluding carboxylic acids is 1. The van der Waals surface area contributed by atoms with Gasteiger partial charge in [0.05, 0.1) is 21.3 Å². The van der Waals surface area contributed by atoms with Crippen LogP contribution in [0.3, 0.4) is 0 Å². The molecule has 0 atom stereocenters. The van der Waals surface area contributed by atoms with Crippen molar-refractivity contribution in [2.75, 3.05) is 27.9 Å². The maximum absolute atomic E-state index is 12.2. The summed E-state index contributed by atoms with van der Waals surface area (Å²) in [6, 6.07) is 13.1. The van der Waals surface area contributed by atoms with Gasteiger partial charge in [-0.05, 0) is 42.7 Å². The highest BCUT2D eigenvalue weighted by Gasteiger charge is 2.09. The Morgan fingerprint density at radius 2 is 1.46 bits per heavy atom. The van der Waals surface area contributed by atoms with Crippen LogP contribution in [-0.4, -0.2) is 33.8 Å². The molecule has 2 aromatic rings. The van der Waals surface area contributed by atoms with Crippen molar-refractivity contribution in [1.82, 2.24) is 5.32 Å². The number of hydrogen-bond donors (Lipinski definition) is 1. The van der Waals surface area contributed by atoms with E-state index >= 15 is 0 Å². The molecule has 0 aliphatic carbocycles. The van der Waals surface area contributed by atoms with Crippen molar-refractivity contribution in [3.8, 4) is 17.2 Å². The largest absolute Gasteiger partial charge is 0.497 e. The molecule has 0 saturated heterocycles. The SMILES string of the molecule is COc1ccc(CCCNC(=O)c2cc(OC)cc(OC)c2)cc1. The minimum atomic E-state index is -0.137. The molecule has 0 spiro atoms. The van der Waals surface area contributed by atoms with Crippen molar-refractivity contribution >= 4 is 5.91 Å². The van der Waals surface area contributed by atoms with Crippen LogP contribution in [0.2, 0.25) is 0 Å². The molecule has 0 aromatic heterocycles. The van der Waals surface area contributed by atoms with E-state index in [1.165, 1.54) is 5.56 Å². The number of rotatable bonds is 8. The van der Waals surface area contributed by atoms with Gasteiger partial charge in [-0.1, -0.05) is 12.1 Å². The summed E-state index contributed by atoms with van der Waals surface area (Å²) in [5.41, 5.74) is 1.74. The van der Waals surface area contributed by atoms with Gasteiger partial charge in [0.1, 0.15) is 17.2 Å². The Morgan fingerprint density at radius 1 is 0.875 bits per heavy atom. The fraction of sp³-hybridized carbons (Fsp3) is 0.316. The van der Waals surface area contributed by atoms with Gasteiger partial charge in [-0.25, -0.2) is 0 Å². The van der Waals surface area contributed by atoms with E-state index < -0.39 is 0 Å². The summed E-state index contributed by atoms with van der Waals surface area (Å²) in [4.78, 5) is 12.2. The molecule has 1 N–H and O–H groups in total. The van der Waals surface area contributed by atoms with Crippen LogP contribution in [0, 0.1) is 0 Å². The van der Waals surface area contributed by atoms with Crippen LogP contribution in [0.5, 0.6) is 17.2 Å². The Kier molecular flexibility index (Phi) is 6.49. The summed E-state index contributed by atoms with van der Waals surface area (Å²) >= 11 is 0. The summed E-state index contributed by atoms with van der Waals surface area (Å²) in [6.07, 6.45) is 1.75. The molecule has 24 heavy (non-hydrogen) atoms. The lowest BCUT2D eigenvalue weighted by Crippen LogP contribution is -2.24. The minimum absolute atomic E-state index is 0.137. The van der Waals surface area contributed by atoms with E-state index in [2.05, 4.69) is 5.32 Å². The first kappa shape index (κ1) is 17.7. The third-order valence-electron chi connectivity index (χ3n) is 3.70. The van der Waals surface area contributed by atoms with Gasteiger partial charge in [-0.2, -0.15) is 0 Å². The van der Waals surface area contributed by atoms with E-state index in [9.17, 15) is 4.79 Å². The summed E-state index contributed by atoms with van der Waals surface area (Å²) in [7, 11) is 4.77. The third-order valence-corrected chi connectivity index (χ3v) is 3.70. The van der Waals surface area contributed by atoms with E-state index in [4.69, 9.17) is 14.2 Å². The predicted molar refractivity (Wildman–Crippen MR) is 93.2 cm³/mol. The van der Waals surface area contributed by atoms with Gasteiger partial charge in [-0.15, -0.1) is 0 Å². The molecule has 2 rings (SSSR count). The molecule has 0 aliphatic rings. The molecule has 0 unspecified atom stereocenters. The molecule has 0 fully saturated rings. The number of amides is 1. The van der Waals surface area contributed by atoms with Crippen molar-refractivity contribution in [1.29, 1.82) is 0 Å². The Morgan fingerprint density at radius 3 is 2.00 bits per heavy atom. The topological polar surface area (TPSA) is 56.8 Å². The van der Waals surface area contributed by atoms with Gasteiger partial charge < -0.3 is 19.5 Å². The normalized spacial score (nSPS) is 10.1. The number of methoxy groups -OCH3 is 3. The monoisotopic (exact) mass is 329 g/mol. The maximum Gasteiger partial charge on any atom is 0.251 e. The van der Waals surface area contributed by atoms with E-state index in [0.29, 0.717) is 23.6 Å². The average Bonchev–Trinajstić information content (AvgIpc) is 2.64. The third kappa shape index (κ3) is 4.91. The summed E-state index contributed by atoms with van der Waals surface area (Å²) in [5, 5.41) is 2.92. The highest BCUT2D eigenvalue weighted by molar-refractivity contribution is 5.95. The first-order valence-corrected chi connectivity index (χ1v) is 7.80. The van der Waals surface area contributed by atoms with Crippen LogP contribution in [-0.2, 0) is 6.42 Å². The summed E-state index contributed by atoms with van der Waals surface area (Å²) in [5.74, 6) is 1.90. The number of aryl methyl sites for hydroxylation is 1. The average molecular weight is 329 g/mol. The Balaban J connectivity index is 1.84. The molecule has 0 aliphatic heterocycles. The first-order valence-electron chi connectivity index (χ1n) is 7.80. The first-order chi connectivity index (χ1) is 11.7. The molecule has 1 amide bonds. The highest BCUT2D eigenvalue weighted by atomic mass is 16.5. The lowest BCUT2D eigenvalue weighted by molar-refractivity contribution is 0.0952. The zero-order valence-corrected chi connectivity index (χ0v) is 14.3. The van der Waals surface area contributed by atoms with Crippen molar-refractivity contribution in [3.05, 3.63) is 53.6 Å². The summed E-state index contributed by atoms with van der Waals surface area (Å²) < 4.78 is 15.5. The second-order valence-electron chi connectivity index (χ2n) is 5.31. The number of nitrogens with one attached hydrogen (secondary N) is 1. The van der Waals surface area contributed by atoms with Gasteiger partial charge in [0.25, 0.3) is 5.91 Å². The van der Waals surface area contributed by atoms with Gasteiger partial charge in [0, 0.05) is 18.2 Å². The van der Waals surface area contributed by atoms with E-state index in [0.717, 1.165) is 18.6 Å². The van der Waals surface area contributed by atoms with Crippen LogP contribution in [0.15, 0.2) is 42.5 Å². The van der Waals surface area contributed by atoms with E-state index in [1.807, 2.05) is 24.3 Å². The summed E-state index contributed by atoms with van der Waals surface area (Å²) in [6.45, 7) is 0.602. The predicted octanol–water partition coefficient (Wildman–Crippen LogP) is 3.08. The Labute approximate surface area is 142 Å². The maximum atomic E-state index is 12.2. The van der Waals surface area contributed by atoms with Gasteiger partial charge in [0.15, 0.2) is 0 Å². The number of benzene rings is 2. The molecule has 2 aromatic carbocycles. The molecule has 5 heteroatoms. The molecule has 0 radical (unpaired) electrons. The van der Waals surface area contributed by atoms with Crippen molar-refractivity contribution in [2.24, 2.45) is 0 Å². The van der Waals surface area contributed by atoms with Crippen LogP contribution < -0.4 is 19.5 Å². The molecular formula is C19H23NO4. The molecule has 5 nitrogen and oxygen atoms in total. The smallest absolute Gasteiger partial charge is 0.251 e. The molecular weight excluding hydrogens is 306 g/mol. The Bertz CT molecular complexity index is 645. The van der Waals surface area contributed by atoms with Gasteiger partial charge in [0.2, 0.25) is 0 Å². The zero-order chi connectivity index (χ0) is 17.4. The van der Waals surface area contributed by atoms with E-state index in [-0.39, 0.29) is 5.91 Å². The van der Waals surface area contributed by atoms with E-state index in [1.54, 1.807) is 39.5 Å². The van der Waals surface area contributed by atoms with Crippen molar-refractivity contribution < 1.29 is 19.0 Å². The lowest BCUT2D eigenvalue weighted by Gasteiger charge is -2.09. The van der Waals surface area contributed by atoms with Gasteiger partial charge in [-0.3, -0.25) is 4.79 Å². The second-order valence-corrected chi connectivity index (χ2v) is 5.31. The number of carbonyl (C=O) groups is 1. The lowest BCUT2D eigenvalue weighted by atomic mass is 10.1. The fourth-order valence-electron chi connectivity index (χ4n) is 2.33.